The van der Waals surface area contributed by atoms with Crippen molar-refractivity contribution in [2.75, 3.05) is 0 Å². The zero-order valence-electron chi connectivity index (χ0n) is 15.1. The summed E-state index contributed by atoms with van der Waals surface area (Å²) in [5.41, 5.74) is -0.0808. The molecule has 0 aromatic rings. The average Bonchev–Trinajstić information content (AvgIpc) is 3.27. The van der Waals surface area contributed by atoms with Gasteiger partial charge in [0.15, 0.2) is 0 Å². The predicted octanol–water partition coefficient (Wildman–Crippen LogP) is 5.35. The Balaban J connectivity index is 1.48. The van der Waals surface area contributed by atoms with Crippen molar-refractivity contribution in [1.82, 2.24) is 0 Å². The molecule has 0 aromatic heterocycles. The van der Waals surface area contributed by atoms with Crippen molar-refractivity contribution in [3.63, 3.8) is 0 Å². The van der Waals surface area contributed by atoms with Crippen molar-refractivity contribution in [3.05, 3.63) is 0 Å². The SMILES string of the molecule is CC1C2CC(C(=O)OC3(C4CCCC4)CCCCC3)C(C2)C1C. The summed E-state index contributed by atoms with van der Waals surface area (Å²) in [6.45, 7) is 4.75. The van der Waals surface area contributed by atoms with E-state index in [4.69, 9.17) is 4.74 Å². The first-order valence-electron chi connectivity index (χ1n) is 10.3. The lowest BCUT2D eigenvalue weighted by molar-refractivity contribution is -0.179. The van der Waals surface area contributed by atoms with E-state index in [1.165, 1.54) is 51.4 Å². The average molecular weight is 319 g/mol. The summed E-state index contributed by atoms with van der Waals surface area (Å²) in [4.78, 5) is 13.1. The van der Waals surface area contributed by atoms with E-state index in [9.17, 15) is 4.79 Å². The Morgan fingerprint density at radius 1 is 0.913 bits per heavy atom. The maximum absolute atomic E-state index is 13.1. The molecule has 130 valence electrons. The summed E-state index contributed by atoms with van der Waals surface area (Å²) in [6.07, 6.45) is 13.8. The normalized spacial score (nSPS) is 43.0. The maximum Gasteiger partial charge on any atom is 0.309 e. The summed E-state index contributed by atoms with van der Waals surface area (Å²) in [7, 11) is 0. The van der Waals surface area contributed by atoms with Gasteiger partial charge in [-0.2, -0.15) is 0 Å². The van der Waals surface area contributed by atoms with Crippen molar-refractivity contribution < 1.29 is 9.53 Å². The fraction of sp³-hybridized carbons (Fsp3) is 0.952. The number of hydrogen-bond donors (Lipinski definition) is 0. The quantitative estimate of drug-likeness (QED) is 0.656. The van der Waals surface area contributed by atoms with Crippen molar-refractivity contribution in [1.29, 1.82) is 0 Å². The van der Waals surface area contributed by atoms with Gasteiger partial charge in [-0.3, -0.25) is 4.79 Å². The third-order valence-corrected chi connectivity index (χ3v) is 8.30. The first kappa shape index (κ1) is 16.0. The molecule has 4 aliphatic rings. The molecule has 2 heteroatoms. The zero-order valence-corrected chi connectivity index (χ0v) is 15.1. The molecule has 4 rings (SSSR count). The largest absolute Gasteiger partial charge is 0.459 e. The van der Waals surface area contributed by atoms with Crippen LogP contribution in [0.4, 0.5) is 0 Å². The summed E-state index contributed by atoms with van der Waals surface area (Å²) in [5.74, 6) is 3.95. The van der Waals surface area contributed by atoms with Crippen LogP contribution in [-0.2, 0) is 9.53 Å². The van der Waals surface area contributed by atoms with Crippen LogP contribution in [0.5, 0.6) is 0 Å². The molecule has 4 saturated carbocycles. The fourth-order valence-electron chi connectivity index (χ4n) is 6.68. The Morgan fingerprint density at radius 2 is 1.61 bits per heavy atom. The van der Waals surface area contributed by atoms with Crippen LogP contribution in [0, 0.1) is 35.5 Å². The molecule has 0 saturated heterocycles. The molecule has 2 bridgehead atoms. The molecule has 5 unspecified atom stereocenters. The molecule has 0 N–H and O–H groups in total. The molecule has 4 aliphatic carbocycles. The molecule has 0 heterocycles. The Morgan fingerprint density at radius 3 is 2.22 bits per heavy atom. The highest BCUT2D eigenvalue weighted by atomic mass is 16.6. The van der Waals surface area contributed by atoms with Crippen molar-refractivity contribution in [3.8, 4) is 0 Å². The standard InChI is InChI=1S/C21H34O2/c1-14-15(2)18-12-16(14)13-19(18)20(22)23-21(10-6-3-7-11-21)17-8-4-5-9-17/h14-19H,3-13H2,1-2H3. The number of esters is 1. The van der Waals surface area contributed by atoms with Gasteiger partial charge in [0.2, 0.25) is 0 Å². The molecule has 0 aliphatic heterocycles. The van der Waals surface area contributed by atoms with E-state index in [0.717, 1.165) is 31.1 Å². The molecule has 5 atom stereocenters. The van der Waals surface area contributed by atoms with E-state index >= 15 is 0 Å². The van der Waals surface area contributed by atoms with E-state index in [1.807, 2.05) is 0 Å². The molecule has 0 aromatic carbocycles. The van der Waals surface area contributed by atoms with Crippen LogP contribution in [0.2, 0.25) is 0 Å². The molecule has 23 heavy (non-hydrogen) atoms. The van der Waals surface area contributed by atoms with Crippen molar-refractivity contribution in [2.24, 2.45) is 35.5 Å². The molecular weight excluding hydrogens is 284 g/mol. The van der Waals surface area contributed by atoms with Gasteiger partial charge in [-0.15, -0.1) is 0 Å². The molecular formula is C21H34O2. The monoisotopic (exact) mass is 318 g/mol. The maximum atomic E-state index is 13.1. The second kappa shape index (κ2) is 6.08. The van der Waals surface area contributed by atoms with Gasteiger partial charge in [-0.05, 0) is 81.0 Å². The van der Waals surface area contributed by atoms with E-state index in [0.29, 0.717) is 17.8 Å². The highest BCUT2D eigenvalue weighted by Gasteiger charge is 2.53. The zero-order chi connectivity index (χ0) is 16.0. The summed E-state index contributed by atoms with van der Waals surface area (Å²) in [5, 5.41) is 0. The third-order valence-electron chi connectivity index (χ3n) is 8.30. The van der Waals surface area contributed by atoms with Gasteiger partial charge in [0.1, 0.15) is 5.60 Å². The lowest BCUT2D eigenvalue weighted by Gasteiger charge is -2.43. The Labute approximate surface area is 141 Å². The van der Waals surface area contributed by atoms with Crippen LogP contribution >= 0.6 is 0 Å². The number of hydrogen-bond acceptors (Lipinski definition) is 2. The molecule has 2 nitrogen and oxygen atoms in total. The van der Waals surface area contributed by atoms with Crippen LogP contribution in [0.15, 0.2) is 0 Å². The smallest absolute Gasteiger partial charge is 0.309 e. The highest BCUT2D eigenvalue weighted by molar-refractivity contribution is 5.74. The number of rotatable bonds is 3. The number of carbonyl (C=O) groups excluding carboxylic acids is 1. The topological polar surface area (TPSA) is 26.3 Å². The predicted molar refractivity (Wildman–Crippen MR) is 91.9 cm³/mol. The highest BCUT2D eigenvalue weighted by Crippen LogP contribution is 2.56. The Kier molecular flexibility index (Phi) is 4.22. The molecule has 0 amide bonds. The van der Waals surface area contributed by atoms with Gasteiger partial charge in [-0.25, -0.2) is 0 Å². The van der Waals surface area contributed by atoms with Crippen molar-refractivity contribution >= 4 is 5.97 Å². The number of carbonyl (C=O) groups is 1. The third kappa shape index (κ3) is 2.65. The van der Waals surface area contributed by atoms with Crippen LogP contribution in [-0.4, -0.2) is 11.6 Å². The van der Waals surface area contributed by atoms with Gasteiger partial charge in [0, 0.05) is 0 Å². The minimum atomic E-state index is -0.0808. The second-order valence-electron chi connectivity index (χ2n) is 9.25. The Bertz CT molecular complexity index is 443. The Hall–Kier alpha value is -0.530. The molecule has 4 fully saturated rings. The van der Waals surface area contributed by atoms with Crippen LogP contribution < -0.4 is 0 Å². The van der Waals surface area contributed by atoms with Gasteiger partial charge in [0.05, 0.1) is 5.92 Å². The van der Waals surface area contributed by atoms with Gasteiger partial charge < -0.3 is 4.74 Å². The van der Waals surface area contributed by atoms with E-state index in [-0.39, 0.29) is 17.5 Å². The fourth-order valence-corrected chi connectivity index (χ4v) is 6.68. The second-order valence-corrected chi connectivity index (χ2v) is 9.25. The minimum absolute atomic E-state index is 0.0808. The summed E-state index contributed by atoms with van der Waals surface area (Å²) < 4.78 is 6.44. The van der Waals surface area contributed by atoms with E-state index in [2.05, 4.69) is 13.8 Å². The number of ether oxygens (including phenoxy) is 1. The van der Waals surface area contributed by atoms with Crippen molar-refractivity contribution in [2.45, 2.75) is 90.1 Å². The van der Waals surface area contributed by atoms with E-state index in [1.54, 1.807) is 0 Å². The molecule has 0 spiro atoms. The van der Waals surface area contributed by atoms with Gasteiger partial charge >= 0.3 is 5.97 Å². The molecule has 0 radical (unpaired) electrons. The first-order chi connectivity index (χ1) is 11.1. The minimum Gasteiger partial charge on any atom is -0.459 e. The van der Waals surface area contributed by atoms with Crippen LogP contribution in [0.1, 0.15) is 84.5 Å². The lowest BCUT2D eigenvalue weighted by atomic mass is 9.73. The van der Waals surface area contributed by atoms with Gasteiger partial charge in [0.25, 0.3) is 0 Å². The first-order valence-corrected chi connectivity index (χ1v) is 10.3. The van der Waals surface area contributed by atoms with E-state index < -0.39 is 0 Å². The summed E-state index contributed by atoms with van der Waals surface area (Å²) >= 11 is 0. The van der Waals surface area contributed by atoms with Crippen LogP contribution in [0.25, 0.3) is 0 Å². The summed E-state index contributed by atoms with van der Waals surface area (Å²) in [6, 6.07) is 0. The van der Waals surface area contributed by atoms with Gasteiger partial charge in [-0.1, -0.05) is 33.1 Å². The van der Waals surface area contributed by atoms with Crippen LogP contribution in [0.3, 0.4) is 0 Å². The lowest BCUT2D eigenvalue weighted by Crippen LogP contribution is -2.45. The number of fused-ring (bicyclic) bond motifs is 2.